The van der Waals surface area contributed by atoms with Crippen LogP contribution in [0.25, 0.3) is 0 Å². The van der Waals surface area contributed by atoms with Gasteiger partial charge < -0.3 is 9.84 Å². The lowest BCUT2D eigenvalue weighted by Gasteiger charge is -2.26. The molecule has 0 saturated heterocycles. The number of hydrogen-bond acceptors (Lipinski definition) is 2. The molecule has 0 rings (SSSR count). The maximum absolute atomic E-state index is 8.68. The van der Waals surface area contributed by atoms with Crippen LogP contribution in [-0.4, -0.2) is 24.9 Å². The second-order valence-corrected chi connectivity index (χ2v) is 3.94. The Balaban J connectivity index is 4.16. The first kappa shape index (κ1) is 13.7. The molecule has 2 nitrogen and oxygen atoms in total. The van der Waals surface area contributed by atoms with Crippen LogP contribution in [0.1, 0.15) is 33.6 Å². The molecule has 0 aromatic rings. The van der Waals surface area contributed by atoms with E-state index >= 15 is 0 Å². The summed E-state index contributed by atoms with van der Waals surface area (Å²) in [7, 11) is 1.76. The maximum atomic E-state index is 8.68. The van der Waals surface area contributed by atoms with Crippen molar-refractivity contribution in [1.82, 2.24) is 0 Å². The molecule has 0 aromatic heterocycles. The Morgan fingerprint density at radius 1 is 1.36 bits per heavy atom. The van der Waals surface area contributed by atoms with E-state index in [0.717, 1.165) is 0 Å². The van der Waals surface area contributed by atoms with Crippen LogP contribution in [-0.2, 0) is 4.74 Å². The number of methoxy groups -OCH3 is 1. The van der Waals surface area contributed by atoms with Gasteiger partial charge in [0.2, 0.25) is 0 Å². The summed E-state index contributed by atoms with van der Waals surface area (Å²) in [5.41, 5.74) is 0. The highest BCUT2D eigenvalue weighted by Crippen LogP contribution is 2.21. The van der Waals surface area contributed by atoms with Gasteiger partial charge in [0.05, 0.1) is 12.7 Å². The third-order valence-electron chi connectivity index (χ3n) is 2.64. The summed E-state index contributed by atoms with van der Waals surface area (Å²) < 4.78 is 5.49. The molecule has 1 N–H and O–H groups in total. The molecular weight excluding hydrogens is 176 g/mol. The zero-order chi connectivity index (χ0) is 11.0. The zero-order valence-corrected chi connectivity index (χ0v) is 9.86. The summed E-state index contributed by atoms with van der Waals surface area (Å²) in [6, 6.07) is 0. The van der Waals surface area contributed by atoms with Gasteiger partial charge in [-0.2, -0.15) is 0 Å². The number of rotatable bonds is 7. The van der Waals surface area contributed by atoms with Gasteiger partial charge in [0.1, 0.15) is 0 Å². The number of ether oxygens (including phenoxy) is 1. The SMILES string of the molecule is CCCC(C)C(OC)C(C)/C=C/CO. The molecule has 0 spiro atoms. The lowest BCUT2D eigenvalue weighted by atomic mass is 9.90. The summed E-state index contributed by atoms with van der Waals surface area (Å²) >= 11 is 0. The lowest BCUT2D eigenvalue weighted by molar-refractivity contribution is 0.0284. The highest BCUT2D eigenvalue weighted by atomic mass is 16.5. The lowest BCUT2D eigenvalue weighted by Crippen LogP contribution is -2.26. The molecule has 0 radical (unpaired) electrons. The number of aliphatic hydroxyl groups is 1. The molecule has 0 saturated carbocycles. The van der Waals surface area contributed by atoms with E-state index in [2.05, 4.69) is 20.8 Å². The molecule has 0 aromatic carbocycles. The molecule has 0 aliphatic carbocycles. The normalized spacial score (nSPS) is 18.4. The maximum Gasteiger partial charge on any atom is 0.0656 e. The molecule has 0 aliphatic rings. The Bertz CT molecular complexity index is 154. The van der Waals surface area contributed by atoms with Crippen LogP contribution in [0, 0.1) is 11.8 Å². The second kappa shape index (κ2) is 8.01. The van der Waals surface area contributed by atoms with Gasteiger partial charge in [-0.05, 0) is 12.3 Å². The third kappa shape index (κ3) is 4.77. The van der Waals surface area contributed by atoms with Crippen LogP contribution in [0.4, 0.5) is 0 Å². The predicted molar refractivity (Wildman–Crippen MR) is 60.3 cm³/mol. The van der Waals surface area contributed by atoms with Crippen molar-refractivity contribution in [2.45, 2.75) is 39.7 Å². The van der Waals surface area contributed by atoms with Crippen LogP contribution in [0.5, 0.6) is 0 Å². The molecular formula is C12H24O2. The fourth-order valence-corrected chi connectivity index (χ4v) is 1.97. The molecule has 0 fully saturated rings. The van der Waals surface area contributed by atoms with E-state index in [1.54, 1.807) is 13.2 Å². The smallest absolute Gasteiger partial charge is 0.0656 e. The molecule has 0 amide bonds. The van der Waals surface area contributed by atoms with Crippen LogP contribution in [0.2, 0.25) is 0 Å². The molecule has 0 heterocycles. The molecule has 3 unspecified atom stereocenters. The topological polar surface area (TPSA) is 29.5 Å². The van der Waals surface area contributed by atoms with Crippen LogP contribution >= 0.6 is 0 Å². The molecule has 84 valence electrons. The summed E-state index contributed by atoms with van der Waals surface area (Å²) in [5, 5.41) is 8.68. The summed E-state index contributed by atoms with van der Waals surface area (Å²) in [6.45, 7) is 6.66. The van der Waals surface area contributed by atoms with E-state index in [1.165, 1.54) is 12.8 Å². The summed E-state index contributed by atoms with van der Waals surface area (Å²) in [4.78, 5) is 0. The van der Waals surface area contributed by atoms with E-state index in [1.807, 2.05) is 6.08 Å². The Morgan fingerprint density at radius 3 is 2.43 bits per heavy atom. The van der Waals surface area contributed by atoms with Crippen LogP contribution in [0.15, 0.2) is 12.2 Å². The van der Waals surface area contributed by atoms with Crippen molar-refractivity contribution in [2.24, 2.45) is 11.8 Å². The Kier molecular flexibility index (Phi) is 7.81. The van der Waals surface area contributed by atoms with E-state index in [9.17, 15) is 0 Å². The first-order valence-electron chi connectivity index (χ1n) is 5.47. The zero-order valence-electron chi connectivity index (χ0n) is 9.86. The highest BCUT2D eigenvalue weighted by molar-refractivity contribution is 4.91. The standard InChI is InChI=1S/C12H24O2/c1-5-7-10(2)12(14-4)11(3)8-6-9-13/h6,8,10-13H,5,7,9H2,1-4H3/b8-6+. The van der Waals surface area contributed by atoms with Crippen molar-refractivity contribution in [1.29, 1.82) is 0 Å². The average Bonchev–Trinajstić information content (AvgIpc) is 2.16. The van der Waals surface area contributed by atoms with Gasteiger partial charge in [0.25, 0.3) is 0 Å². The van der Waals surface area contributed by atoms with E-state index < -0.39 is 0 Å². The van der Waals surface area contributed by atoms with Gasteiger partial charge in [0.15, 0.2) is 0 Å². The Labute approximate surface area is 88.0 Å². The number of hydrogen-bond donors (Lipinski definition) is 1. The molecule has 0 bridgehead atoms. The predicted octanol–water partition coefficient (Wildman–Crippen LogP) is 2.62. The Morgan fingerprint density at radius 2 is 2.00 bits per heavy atom. The van der Waals surface area contributed by atoms with Crippen LogP contribution in [0.3, 0.4) is 0 Å². The second-order valence-electron chi connectivity index (χ2n) is 3.94. The van der Waals surface area contributed by atoms with Crippen molar-refractivity contribution in [3.05, 3.63) is 12.2 Å². The molecule has 2 heteroatoms. The van der Waals surface area contributed by atoms with Gasteiger partial charge >= 0.3 is 0 Å². The third-order valence-corrected chi connectivity index (χ3v) is 2.64. The number of aliphatic hydroxyl groups excluding tert-OH is 1. The quantitative estimate of drug-likeness (QED) is 0.640. The van der Waals surface area contributed by atoms with Gasteiger partial charge in [-0.15, -0.1) is 0 Å². The minimum Gasteiger partial charge on any atom is -0.392 e. The van der Waals surface area contributed by atoms with Crippen molar-refractivity contribution in [3.8, 4) is 0 Å². The van der Waals surface area contributed by atoms with E-state index in [0.29, 0.717) is 11.8 Å². The largest absolute Gasteiger partial charge is 0.392 e. The first-order valence-corrected chi connectivity index (χ1v) is 5.47. The van der Waals surface area contributed by atoms with E-state index in [-0.39, 0.29) is 12.7 Å². The van der Waals surface area contributed by atoms with Gasteiger partial charge in [-0.1, -0.05) is 39.3 Å². The van der Waals surface area contributed by atoms with E-state index in [4.69, 9.17) is 9.84 Å². The fourth-order valence-electron chi connectivity index (χ4n) is 1.97. The van der Waals surface area contributed by atoms with Crippen molar-refractivity contribution in [3.63, 3.8) is 0 Å². The summed E-state index contributed by atoms with van der Waals surface area (Å²) in [5.74, 6) is 0.942. The minimum absolute atomic E-state index is 0.114. The minimum atomic E-state index is 0.114. The van der Waals surface area contributed by atoms with Gasteiger partial charge in [-0.3, -0.25) is 0 Å². The van der Waals surface area contributed by atoms with Gasteiger partial charge in [-0.25, -0.2) is 0 Å². The summed E-state index contributed by atoms with van der Waals surface area (Å²) in [6.07, 6.45) is 6.46. The molecule has 3 atom stereocenters. The average molecular weight is 200 g/mol. The highest BCUT2D eigenvalue weighted by Gasteiger charge is 2.20. The fraction of sp³-hybridized carbons (Fsp3) is 0.833. The van der Waals surface area contributed by atoms with Crippen molar-refractivity contribution < 1.29 is 9.84 Å². The molecule has 14 heavy (non-hydrogen) atoms. The molecule has 0 aliphatic heterocycles. The first-order chi connectivity index (χ1) is 6.67. The van der Waals surface area contributed by atoms with Crippen LogP contribution < -0.4 is 0 Å². The van der Waals surface area contributed by atoms with Gasteiger partial charge in [0, 0.05) is 13.0 Å². The monoisotopic (exact) mass is 200 g/mol. The van der Waals surface area contributed by atoms with Crippen molar-refractivity contribution in [2.75, 3.05) is 13.7 Å². The van der Waals surface area contributed by atoms with Crippen molar-refractivity contribution >= 4 is 0 Å². The Hall–Kier alpha value is -0.340.